The average Bonchev–Trinajstić information content (AvgIpc) is 2.56. The Kier molecular flexibility index (Phi) is 4.43. The van der Waals surface area contributed by atoms with Crippen molar-refractivity contribution in [3.05, 3.63) is 80.6 Å². The van der Waals surface area contributed by atoms with Gasteiger partial charge in [0.1, 0.15) is 5.56 Å². The van der Waals surface area contributed by atoms with E-state index in [1.807, 2.05) is 31.2 Å². The van der Waals surface area contributed by atoms with Crippen LogP contribution in [0.2, 0.25) is 0 Å². The Morgan fingerprint density at radius 1 is 1.12 bits per heavy atom. The standard InChI is InChI=1S/C17H16N4O2S/c1-10-2-4-12(5-3-10)19-14(11-6-8-18-9-7-11)13-15(22)20-17(24)21-16(13)23/h2-9,14,19H,1H3,(H3,20,21,22,23,24)/t14-/m0/s1. The van der Waals surface area contributed by atoms with Crippen LogP contribution in [0.3, 0.4) is 0 Å². The lowest BCUT2D eigenvalue weighted by Crippen LogP contribution is -2.23. The molecule has 3 aromatic rings. The molecule has 0 spiro atoms. The van der Waals surface area contributed by atoms with Gasteiger partial charge in [-0.1, -0.05) is 17.7 Å². The van der Waals surface area contributed by atoms with Gasteiger partial charge in [-0.3, -0.25) is 14.8 Å². The predicted molar refractivity (Wildman–Crippen MR) is 94.8 cm³/mol. The molecule has 0 fully saturated rings. The summed E-state index contributed by atoms with van der Waals surface area (Å²) in [5.74, 6) is -0.259. The largest absolute Gasteiger partial charge is 0.494 e. The number of aryl methyl sites for hydroxylation is 1. The van der Waals surface area contributed by atoms with Crippen molar-refractivity contribution in [2.45, 2.75) is 13.0 Å². The van der Waals surface area contributed by atoms with Gasteiger partial charge in [-0.05, 0) is 49.0 Å². The summed E-state index contributed by atoms with van der Waals surface area (Å²) in [5.41, 5.74) is 2.46. The fourth-order valence-corrected chi connectivity index (χ4v) is 2.64. The molecule has 3 rings (SSSR count). The van der Waals surface area contributed by atoms with E-state index in [1.54, 1.807) is 24.5 Å². The molecule has 0 aliphatic heterocycles. The molecule has 7 heteroatoms. The Hall–Kier alpha value is -2.93. The number of aromatic nitrogens is 3. The summed E-state index contributed by atoms with van der Waals surface area (Å²) in [4.78, 5) is 21.5. The van der Waals surface area contributed by atoms with Gasteiger partial charge in [0, 0.05) is 18.1 Å². The van der Waals surface area contributed by atoms with Gasteiger partial charge in [0.25, 0.3) is 5.56 Å². The van der Waals surface area contributed by atoms with Gasteiger partial charge in [0.15, 0.2) is 4.77 Å². The SMILES string of the molecule is Cc1ccc(N[C@@H](c2ccncc2)c2c(O)[nH]c(=S)[nH]c2=O)cc1. The molecule has 4 N–H and O–H groups in total. The van der Waals surface area contributed by atoms with Gasteiger partial charge < -0.3 is 15.4 Å². The first-order chi connectivity index (χ1) is 11.5. The minimum Gasteiger partial charge on any atom is -0.494 e. The number of H-pyrrole nitrogens is 2. The van der Waals surface area contributed by atoms with Crippen molar-refractivity contribution in [2.75, 3.05) is 5.32 Å². The van der Waals surface area contributed by atoms with E-state index in [0.717, 1.165) is 16.8 Å². The number of nitrogens with zero attached hydrogens (tertiary/aromatic N) is 1. The number of aromatic amines is 2. The Bertz CT molecular complexity index is 949. The zero-order valence-corrected chi connectivity index (χ0v) is 13.7. The first-order valence-electron chi connectivity index (χ1n) is 7.33. The Balaban J connectivity index is 2.11. The van der Waals surface area contributed by atoms with E-state index in [9.17, 15) is 9.90 Å². The molecular formula is C17H16N4O2S. The van der Waals surface area contributed by atoms with Crippen LogP contribution in [0.5, 0.6) is 5.88 Å². The van der Waals surface area contributed by atoms with Crippen molar-refractivity contribution < 1.29 is 5.11 Å². The minimum absolute atomic E-state index is 0.0741. The van der Waals surface area contributed by atoms with Crippen molar-refractivity contribution in [3.8, 4) is 5.88 Å². The lowest BCUT2D eigenvalue weighted by Gasteiger charge is -2.20. The second kappa shape index (κ2) is 6.67. The first kappa shape index (κ1) is 15.9. The van der Waals surface area contributed by atoms with Crippen LogP contribution in [0.4, 0.5) is 5.69 Å². The highest BCUT2D eigenvalue weighted by molar-refractivity contribution is 7.71. The summed E-state index contributed by atoms with van der Waals surface area (Å²) in [7, 11) is 0. The number of benzene rings is 1. The van der Waals surface area contributed by atoms with E-state index in [0.29, 0.717) is 0 Å². The minimum atomic E-state index is -0.564. The molecule has 1 aromatic carbocycles. The van der Waals surface area contributed by atoms with E-state index in [-0.39, 0.29) is 16.2 Å². The van der Waals surface area contributed by atoms with E-state index in [1.165, 1.54) is 0 Å². The summed E-state index contributed by atoms with van der Waals surface area (Å²) in [6, 6.07) is 10.8. The number of pyridine rings is 1. The third-order valence-electron chi connectivity index (χ3n) is 3.65. The van der Waals surface area contributed by atoms with E-state index < -0.39 is 11.6 Å². The smallest absolute Gasteiger partial charge is 0.261 e. The number of rotatable bonds is 4. The van der Waals surface area contributed by atoms with E-state index >= 15 is 0 Å². The van der Waals surface area contributed by atoms with Crippen molar-refractivity contribution in [2.24, 2.45) is 0 Å². The van der Waals surface area contributed by atoms with Crippen LogP contribution in [0.1, 0.15) is 22.7 Å². The zero-order chi connectivity index (χ0) is 17.1. The molecule has 0 radical (unpaired) electrons. The highest BCUT2D eigenvalue weighted by atomic mass is 32.1. The fraction of sp³-hybridized carbons (Fsp3) is 0.118. The molecule has 0 unspecified atom stereocenters. The van der Waals surface area contributed by atoms with Crippen LogP contribution >= 0.6 is 12.2 Å². The highest BCUT2D eigenvalue weighted by Gasteiger charge is 2.22. The van der Waals surface area contributed by atoms with Crippen LogP contribution in [0.25, 0.3) is 0 Å². The van der Waals surface area contributed by atoms with Gasteiger partial charge in [-0.2, -0.15) is 0 Å². The predicted octanol–water partition coefficient (Wildman–Crippen LogP) is 3.04. The Labute approximate surface area is 143 Å². The van der Waals surface area contributed by atoms with Crippen LogP contribution in [-0.2, 0) is 0 Å². The number of hydrogen-bond acceptors (Lipinski definition) is 5. The van der Waals surface area contributed by atoms with Crippen molar-refractivity contribution >= 4 is 17.9 Å². The van der Waals surface area contributed by atoms with Crippen molar-refractivity contribution in [3.63, 3.8) is 0 Å². The molecule has 0 saturated carbocycles. The van der Waals surface area contributed by atoms with Crippen LogP contribution in [-0.4, -0.2) is 20.1 Å². The summed E-state index contributed by atoms with van der Waals surface area (Å²) in [6.07, 6.45) is 3.27. The maximum Gasteiger partial charge on any atom is 0.261 e. The molecule has 2 heterocycles. The fourth-order valence-electron chi connectivity index (χ4n) is 2.45. The molecule has 0 bridgehead atoms. The van der Waals surface area contributed by atoms with E-state index in [4.69, 9.17) is 12.2 Å². The van der Waals surface area contributed by atoms with E-state index in [2.05, 4.69) is 20.3 Å². The lowest BCUT2D eigenvalue weighted by molar-refractivity contribution is 0.440. The van der Waals surface area contributed by atoms with Crippen LogP contribution < -0.4 is 10.9 Å². The van der Waals surface area contributed by atoms with Gasteiger partial charge in [-0.15, -0.1) is 0 Å². The first-order valence-corrected chi connectivity index (χ1v) is 7.74. The van der Waals surface area contributed by atoms with Gasteiger partial charge in [-0.25, -0.2) is 0 Å². The van der Waals surface area contributed by atoms with Crippen molar-refractivity contribution in [1.29, 1.82) is 0 Å². The second-order valence-electron chi connectivity index (χ2n) is 5.39. The molecule has 0 amide bonds. The third-order valence-corrected chi connectivity index (χ3v) is 3.85. The zero-order valence-electron chi connectivity index (χ0n) is 12.9. The molecular weight excluding hydrogens is 324 g/mol. The number of nitrogens with one attached hydrogen (secondary N) is 3. The number of aromatic hydroxyl groups is 1. The molecule has 0 aliphatic carbocycles. The Morgan fingerprint density at radius 2 is 1.79 bits per heavy atom. The third kappa shape index (κ3) is 3.36. The average molecular weight is 340 g/mol. The second-order valence-corrected chi connectivity index (χ2v) is 5.80. The molecule has 24 heavy (non-hydrogen) atoms. The molecule has 2 aromatic heterocycles. The summed E-state index contributed by atoms with van der Waals surface area (Å²) in [5, 5.41) is 13.5. The lowest BCUT2D eigenvalue weighted by atomic mass is 10.0. The monoisotopic (exact) mass is 340 g/mol. The number of hydrogen-bond donors (Lipinski definition) is 4. The van der Waals surface area contributed by atoms with Crippen molar-refractivity contribution in [1.82, 2.24) is 15.0 Å². The highest BCUT2D eigenvalue weighted by Crippen LogP contribution is 2.28. The molecule has 122 valence electrons. The van der Waals surface area contributed by atoms with Gasteiger partial charge in [0.2, 0.25) is 5.88 Å². The summed E-state index contributed by atoms with van der Waals surface area (Å²) < 4.78 is 0.0741. The maximum absolute atomic E-state index is 12.4. The molecule has 1 atom stereocenters. The normalized spacial score (nSPS) is 11.9. The maximum atomic E-state index is 12.4. The molecule has 0 aliphatic rings. The van der Waals surface area contributed by atoms with Gasteiger partial charge >= 0.3 is 0 Å². The number of anilines is 1. The molecule has 0 saturated heterocycles. The Morgan fingerprint density at radius 3 is 2.42 bits per heavy atom. The topological polar surface area (TPSA) is 93.8 Å². The van der Waals surface area contributed by atoms with Crippen LogP contribution in [0.15, 0.2) is 53.6 Å². The summed E-state index contributed by atoms with van der Waals surface area (Å²) in [6.45, 7) is 2.00. The van der Waals surface area contributed by atoms with Crippen LogP contribution in [0, 0.1) is 11.7 Å². The summed E-state index contributed by atoms with van der Waals surface area (Å²) >= 11 is 4.89. The molecule has 6 nitrogen and oxygen atoms in total. The quantitative estimate of drug-likeness (QED) is 0.548. The van der Waals surface area contributed by atoms with Gasteiger partial charge in [0.05, 0.1) is 6.04 Å².